The molecule has 1 rings (SSSR count). The number of halogens is 3. The fourth-order valence-corrected chi connectivity index (χ4v) is 1.97. The molecule has 0 atom stereocenters. The van der Waals surface area contributed by atoms with Gasteiger partial charge in [-0.05, 0) is 31.5 Å². The Morgan fingerprint density at radius 2 is 1.73 bits per heavy atom. The Morgan fingerprint density at radius 1 is 1.18 bits per heavy atom. The lowest BCUT2D eigenvalue weighted by Gasteiger charge is -2.26. The van der Waals surface area contributed by atoms with E-state index in [0.717, 1.165) is 12.1 Å². The van der Waals surface area contributed by atoms with E-state index >= 15 is 0 Å². The normalized spacial score (nSPS) is 11.5. The molecular formula is C15H18F3NO3. The monoisotopic (exact) mass is 317 g/mol. The number of hydrogen-bond donors (Lipinski definition) is 1. The van der Waals surface area contributed by atoms with Crippen molar-refractivity contribution in [1.29, 1.82) is 0 Å². The zero-order valence-electron chi connectivity index (χ0n) is 12.4. The van der Waals surface area contributed by atoms with Gasteiger partial charge in [0.15, 0.2) is 0 Å². The van der Waals surface area contributed by atoms with Gasteiger partial charge in [-0.25, -0.2) is 0 Å². The van der Waals surface area contributed by atoms with E-state index in [-0.39, 0.29) is 31.3 Å². The topological polar surface area (TPSA) is 57.6 Å². The number of benzene rings is 1. The number of rotatable bonds is 6. The molecule has 1 aromatic carbocycles. The second kappa shape index (κ2) is 7.29. The van der Waals surface area contributed by atoms with Gasteiger partial charge in [-0.15, -0.1) is 0 Å². The third kappa shape index (κ3) is 5.38. The minimum absolute atomic E-state index is 0.0596. The van der Waals surface area contributed by atoms with E-state index in [4.69, 9.17) is 5.11 Å². The SMILES string of the molecule is CC(C)N(CCC(=O)O)C(=O)Cc1ccc(C(F)(F)F)cc1. The molecule has 0 bridgehead atoms. The van der Waals surface area contributed by atoms with Gasteiger partial charge < -0.3 is 10.0 Å². The summed E-state index contributed by atoms with van der Waals surface area (Å²) in [5.41, 5.74) is -0.311. The fourth-order valence-electron chi connectivity index (χ4n) is 1.97. The predicted molar refractivity (Wildman–Crippen MR) is 74.2 cm³/mol. The van der Waals surface area contributed by atoms with Gasteiger partial charge >= 0.3 is 12.1 Å². The average molecular weight is 317 g/mol. The highest BCUT2D eigenvalue weighted by Crippen LogP contribution is 2.29. The number of nitrogens with zero attached hydrogens (tertiary/aromatic N) is 1. The maximum absolute atomic E-state index is 12.5. The van der Waals surface area contributed by atoms with Crippen molar-refractivity contribution in [2.24, 2.45) is 0 Å². The molecule has 4 nitrogen and oxygen atoms in total. The highest BCUT2D eigenvalue weighted by molar-refractivity contribution is 5.79. The number of carboxylic acids is 1. The zero-order valence-corrected chi connectivity index (χ0v) is 12.4. The van der Waals surface area contributed by atoms with Gasteiger partial charge in [0.2, 0.25) is 5.91 Å². The van der Waals surface area contributed by atoms with Crippen LogP contribution in [0.5, 0.6) is 0 Å². The first-order valence-corrected chi connectivity index (χ1v) is 6.78. The summed E-state index contributed by atoms with van der Waals surface area (Å²) in [6.45, 7) is 3.59. The molecule has 0 saturated heterocycles. The van der Waals surface area contributed by atoms with E-state index in [2.05, 4.69) is 0 Å². The van der Waals surface area contributed by atoms with Crippen molar-refractivity contribution in [3.05, 3.63) is 35.4 Å². The molecular weight excluding hydrogens is 299 g/mol. The van der Waals surface area contributed by atoms with Crippen molar-refractivity contribution < 1.29 is 27.9 Å². The Balaban J connectivity index is 2.74. The summed E-state index contributed by atoms with van der Waals surface area (Å²) in [5, 5.41) is 8.68. The smallest absolute Gasteiger partial charge is 0.416 e. The number of carboxylic acid groups (broad SMARTS) is 1. The predicted octanol–water partition coefficient (Wildman–Crippen LogP) is 2.96. The number of amides is 1. The van der Waals surface area contributed by atoms with Crippen LogP contribution < -0.4 is 0 Å². The van der Waals surface area contributed by atoms with Gasteiger partial charge in [0, 0.05) is 12.6 Å². The average Bonchev–Trinajstić information content (AvgIpc) is 2.37. The summed E-state index contributed by atoms with van der Waals surface area (Å²) in [6, 6.07) is 4.20. The third-order valence-corrected chi connectivity index (χ3v) is 3.15. The van der Waals surface area contributed by atoms with E-state index < -0.39 is 17.7 Å². The first-order chi connectivity index (χ1) is 10.1. The maximum atomic E-state index is 12.5. The molecule has 0 heterocycles. The molecule has 0 radical (unpaired) electrons. The number of aliphatic carboxylic acids is 1. The van der Waals surface area contributed by atoms with E-state index in [1.54, 1.807) is 13.8 Å². The molecule has 0 aliphatic carbocycles. The van der Waals surface area contributed by atoms with Crippen molar-refractivity contribution in [2.45, 2.75) is 38.9 Å². The first kappa shape index (κ1) is 18.0. The van der Waals surface area contributed by atoms with Crippen LogP contribution in [0.1, 0.15) is 31.4 Å². The summed E-state index contributed by atoms with van der Waals surface area (Å²) in [4.78, 5) is 24.2. The van der Waals surface area contributed by atoms with Crippen LogP contribution >= 0.6 is 0 Å². The number of hydrogen-bond acceptors (Lipinski definition) is 2. The Morgan fingerprint density at radius 3 is 2.14 bits per heavy atom. The summed E-state index contributed by atoms with van der Waals surface area (Å²) in [7, 11) is 0. The van der Waals surface area contributed by atoms with Crippen LogP contribution in [0.4, 0.5) is 13.2 Å². The Labute approximate surface area is 126 Å². The fraction of sp³-hybridized carbons (Fsp3) is 0.467. The molecule has 7 heteroatoms. The van der Waals surface area contributed by atoms with Crippen molar-refractivity contribution in [2.75, 3.05) is 6.54 Å². The van der Waals surface area contributed by atoms with Gasteiger partial charge in [-0.3, -0.25) is 9.59 Å². The van der Waals surface area contributed by atoms with Gasteiger partial charge in [0.25, 0.3) is 0 Å². The molecule has 0 spiro atoms. The van der Waals surface area contributed by atoms with Crippen LogP contribution in [0.3, 0.4) is 0 Å². The second-order valence-corrected chi connectivity index (χ2v) is 5.20. The van der Waals surface area contributed by atoms with Crippen LogP contribution in [0.15, 0.2) is 24.3 Å². The number of carbonyl (C=O) groups is 2. The van der Waals surface area contributed by atoms with E-state index in [9.17, 15) is 22.8 Å². The zero-order chi connectivity index (χ0) is 16.9. The quantitative estimate of drug-likeness (QED) is 0.877. The van der Waals surface area contributed by atoms with Gasteiger partial charge in [0.1, 0.15) is 0 Å². The Hall–Kier alpha value is -2.05. The van der Waals surface area contributed by atoms with Crippen LogP contribution in [0.2, 0.25) is 0 Å². The Bertz CT molecular complexity index is 524. The molecule has 1 amide bonds. The largest absolute Gasteiger partial charge is 0.481 e. The summed E-state index contributed by atoms with van der Waals surface area (Å²) < 4.78 is 37.4. The highest BCUT2D eigenvalue weighted by atomic mass is 19.4. The molecule has 1 aromatic rings. The lowest BCUT2D eigenvalue weighted by Crippen LogP contribution is -2.39. The molecule has 0 saturated carbocycles. The molecule has 122 valence electrons. The van der Waals surface area contributed by atoms with Crippen molar-refractivity contribution in [1.82, 2.24) is 4.90 Å². The van der Waals surface area contributed by atoms with Gasteiger partial charge in [0.05, 0.1) is 18.4 Å². The third-order valence-electron chi connectivity index (χ3n) is 3.15. The molecule has 0 fully saturated rings. The van der Waals surface area contributed by atoms with Crippen molar-refractivity contribution in [3.63, 3.8) is 0 Å². The molecule has 22 heavy (non-hydrogen) atoms. The lowest BCUT2D eigenvalue weighted by atomic mass is 10.1. The minimum Gasteiger partial charge on any atom is -0.481 e. The standard InChI is InChI=1S/C15H18F3NO3/c1-10(2)19(8-7-14(21)22)13(20)9-11-3-5-12(6-4-11)15(16,17)18/h3-6,10H,7-9H2,1-2H3,(H,21,22). The van der Waals surface area contributed by atoms with Gasteiger partial charge in [-0.2, -0.15) is 13.2 Å². The number of alkyl halides is 3. The molecule has 0 aliphatic rings. The van der Waals surface area contributed by atoms with Crippen LogP contribution in [0.25, 0.3) is 0 Å². The van der Waals surface area contributed by atoms with Crippen molar-refractivity contribution in [3.8, 4) is 0 Å². The highest BCUT2D eigenvalue weighted by Gasteiger charge is 2.30. The maximum Gasteiger partial charge on any atom is 0.416 e. The Kier molecular flexibility index (Phi) is 5.96. The summed E-state index contributed by atoms with van der Waals surface area (Å²) in [6.07, 6.45) is -4.64. The van der Waals surface area contributed by atoms with Crippen molar-refractivity contribution >= 4 is 11.9 Å². The summed E-state index contributed by atoms with van der Waals surface area (Å²) >= 11 is 0. The van der Waals surface area contributed by atoms with E-state index in [1.807, 2.05) is 0 Å². The molecule has 0 aliphatic heterocycles. The second-order valence-electron chi connectivity index (χ2n) is 5.20. The molecule has 0 aromatic heterocycles. The lowest BCUT2D eigenvalue weighted by molar-refractivity contribution is -0.139. The van der Waals surface area contributed by atoms with E-state index in [0.29, 0.717) is 5.56 Å². The first-order valence-electron chi connectivity index (χ1n) is 6.78. The van der Waals surface area contributed by atoms with Gasteiger partial charge in [-0.1, -0.05) is 12.1 Å². The van der Waals surface area contributed by atoms with E-state index in [1.165, 1.54) is 17.0 Å². The molecule has 0 unspecified atom stereocenters. The van der Waals surface area contributed by atoms with Crippen LogP contribution in [-0.4, -0.2) is 34.5 Å². The van der Waals surface area contributed by atoms with Crippen LogP contribution in [-0.2, 0) is 22.2 Å². The number of carbonyl (C=O) groups excluding carboxylic acids is 1. The molecule has 1 N–H and O–H groups in total. The summed E-state index contributed by atoms with van der Waals surface area (Å²) in [5.74, 6) is -1.32. The van der Waals surface area contributed by atoms with Crippen LogP contribution in [0, 0.1) is 0 Å². The minimum atomic E-state index is -4.41.